The summed E-state index contributed by atoms with van der Waals surface area (Å²) in [5, 5.41) is 11.4. The number of pyridine rings is 1. The number of rotatable bonds is 2. The summed E-state index contributed by atoms with van der Waals surface area (Å²) in [4.78, 5) is 16.1. The average Bonchev–Trinajstić information content (AvgIpc) is 2.47. The molecule has 1 aromatic heterocycles. The average molecular weight is 266 g/mol. The van der Waals surface area contributed by atoms with Crippen molar-refractivity contribution in [2.45, 2.75) is 6.92 Å². The van der Waals surface area contributed by atoms with Gasteiger partial charge in [0.25, 0.3) is 5.91 Å². The lowest BCUT2D eigenvalue weighted by molar-refractivity contribution is 0.102. The summed E-state index contributed by atoms with van der Waals surface area (Å²) < 4.78 is 0. The van der Waals surface area contributed by atoms with Gasteiger partial charge in [-0.25, -0.2) is 4.98 Å². The molecule has 0 spiro atoms. The third-order valence-corrected chi connectivity index (χ3v) is 2.71. The number of nitrogens with one attached hydrogen (secondary N) is 1. The highest BCUT2D eigenvalue weighted by Crippen LogP contribution is 2.12. The van der Waals surface area contributed by atoms with Crippen LogP contribution in [-0.4, -0.2) is 22.6 Å². The number of carbonyl (C=O) groups is 1. The molecule has 0 aliphatic carbocycles. The summed E-state index contributed by atoms with van der Waals surface area (Å²) in [5.74, 6) is 5.67. The molecule has 2 N–H and O–H groups in total. The van der Waals surface area contributed by atoms with E-state index in [2.05, 4.69) is 22.1 Å². The molecule has 1 aromatic carbocycles. The predicted molar refractivity (Wildman–Crippen MR) is 77.3 cm³/mol. The Morgan fingerprint density at radius 3 is 2.90 bits per heavy atom. The van der Waals surface area contributed by atoms with Gasteiger partial charge in [0.05, 0.1) is 0 Å². The first-order chi connectivity index (χ1) is 9.70. The largest absolute Gasteiger partial charge is 0.384 e. The molecule has 4 heteroatoms. The van der Waals surface area contributed by atoms with E-state index < -0.39 is 0 Å². The molecule has 2 aromatic rings. The van der Waals surface area contributed by atoms with Crippen LogP contribution in [0, 0.1) is 18.8 Å². The molecule has 0 atom stereocenters. The Balaban J connectivity index is 2.22. The third kappa shape index (κ3) is 3.44. The number of benzene rings is 1. The maximum Gasteiger partial charge on any atom is 0.256 e. The van der Waals surface area contributed by atoms with Crippen molar-refractivity contribution in [2.24, 2.45) is 0 Å². The monoisotopic (exact) mass is 266 g/mol. The molecule has 0 fully saturated rings. The second kappa shape index (κ2) is 6.50. The summed E-state index contributed by atoms with van der Waals surface area (Å²) in [6, 6.07) is 10.6. The van der Waals surface area contributed by atoms with E-state index in [-0.39, 0.29) is 12.5 Å². The van der Waals surface area contributed by atoms with Crippen LogP contribution in [0.25, 0.3) is 0 Å². The summed E-state index contributed by atoms with van der Waals surface area (Å²) in [7, 11) is 0. The number of carbonyl (C=O) groups excluding carboxylic acids is 1. The number of anilines is 1. The second-order valence-corrected chi connectivity index (χ2v) is 4.16. The van der Waals surface area contributed by atoms with E-state index >= 15 is 0 Å². The smallest absolute Gasteiger partial charge is 0.256 e. The minimum atomic E-state index is -0.240. The minimum absolute atomic E-state index is 0.205. The van der Waals surface area contributed by atoms with Gasteiger partial charge in [-0.1, -0.05) is 24.0 Å². The van der Waals surface area contributed by atoms with Gasteiger partial charge in [0.2, 0.25) is 0 Å². The van der Waals surface area contributed by atoms with Crippen LogP contribution < -0.4 is 5.32 Å². The van der Waals surface area contributed by atoms with Crippen molar-refractivity contribution in [3.05, 3.63) is 59.3 Å². The van der Waals surface area contributed by atoms with Gasteiger partial charge in [-0.15, -0.1) is 0 Å². The highest BCUT2D eigenvalue weighted by atomic mass is 16.2. The SMILES string of the molecule is Cc1ccc(C(=O)Nc2ccccn2)cc1C#CCO. The minimum Gasteiger partial charge on any atom is -0.384 e. The zero-order valence-corrected chi connectivity index (χ0v) is 11.1. The van der Waals surface area contributed by atoms with Gasteiger partial charge in [0, 0.05) is 17.3 Å². The Morgan fingerprint density at radius 1 is 1.35 bits per heavy atom. The molecule has 1 amide bonds. The normalized spacial score (nSPS) is 9.50. The molecular formula is C16H14N2O2. The van der Waals surface area contributed by atoms with Crippen molar-refractivity contribution >= 4 is 11.7 Å². The van der Waals surface area contributed by atoms with Gasteiger partial charge < -0.3 is 10.4 Å². The summed E-state index contributed by atoms with van der Waals surface area (Å²) in [6.45, 7) is 1.70. The van der Waals surface area contributed by atoms with E-state index in [0.717, 1.165) is 11.1 Å². The first-order valence-electron chi connectivity index (χ1n) is 6.13. The van der Waals surface area contributed by atoms with Crippen LogP contribution >= 0.6 is 0 Å². The van der Waals surface area contributed by atoms with Crippen LogP contribution in [0.2, 0.25) is 0 Å². The zero-order chi connectivity index (χ0) is 14.4. The maximum atomic E-state index is 12.1. The quantitative estimate of drug-likeness (QED) is 0.817. The molecule has 20 heavy (non-hydrogen) atoms. The molecule has 0 aliphatic rings. The van der Waals surface area contributed by atoms with Gasteiger partial charge in [0.15, 0.2) is 0 Å². The fourth-order valence-corrected chi connectivity index (χ4v) is 1.66. The van der Waals surface area contributed by atoms with Gasteiger partial charge in [-0.05, 0) is 36.8 Å². The number of hydrogen-bond acceptors (Lipinski definition) is 3. The molecule has 0 saturated carbocycles. The van der Waals surface area contributed by atoms with E-state index in [1.54, 1.807) is 36.5 Å². The van der Waals surface area contributed by atoms with Gasteiger partial charge in [0.1, 0.15) is 12.4 Å². The van der Waals surface area contributed by atoms with Crippen molar-refractivity contribution < 1.29 is 9.90 Å². The van der Waals surface area contributed by atoms with Crippen LogP contribution in [0.1, 0.15) is 21.5 Å². The van der Waals surface area contributed by atoms with Crippen molar-refractivity contribution in [3.63, 3.8) is 0 Å². The predicted octanol–water partition coefficient (Wildman–Crippen LogP) is 1.99. The Hall–Kier alpha value is -2.64. The number of aryl methyl sites for hydroxylation is 1. The fourth-order valence-electron chi connectivity index (χ4n) is 1.66. The summed E-state index contributed by atoms with van der Waals surface area (Å²) in [5.41, 5.74) is 2.19. The summed E-state index contributed by atoms with van der Waals surface area (Å²) in [6.07, 6.45) is 1.61. The van der Waals surface area contributed by atoms with E-state index in [9.17, 15) is 4.79 Å². The number of aliphatic hydroxyl groups excluding tert-OH is 1. The molecule has 0 aliphatic heterocycles. The standard InChI is InChI=1S/C16H14N2O2/c1-12-7-8-14(11-13(12)5-4-10-19)16(20)18-15-6-2-3-9-17-15/h2-3,6-9,11,19H,10H2,1H3,(H,17,18,20). The summed E-state index contributed by atoms with van der Waals surface area (Å²) >= 11 is 0. The Morgan fingerprint density at radius 2 is 2.20 bits per heavy atom. The number of hydrogen-bond donors (Lipinski definition) is 2. The molecule has 0 saturated heterocycles. The maximum absolute atomic E-state index is 12.1. The number of amides is 1. The van der Waals surface area contributed by atoms with Crippen molar-refractivity contribution in [1.29, 1.82) is 0 Å². The molecule has 0 unspecified atom stereocenters. The number of aliphatic hydroxyl groups is 1. The van der Waals surface area contributed by atoms with Crippen molar-refractivity contribution in [2.75, 3.05) is 11.9 Å². The highest BCUT2D eigenvalue weighted by Gasteiger charge is 2.08. The first-order valence-corrected chi connectivity index (χ1v) is 6.13. The van der Waals surface area contributed by atoms with E-state index in [1.807, 2.05) is 13.0 Å². The Kier molecular flexibility index (Phi) is 4.48. The Bertz CT molecular complexity index is 670. The van der Waals surface area contributed by atoms with Crippen LogP contribution in [0.4, 0.5) is 5.82 Å². The molecule has 0 bridgehead atoms. The first kappa shape index (κ1) is 13.8. The lowest BCUT2D eigenvalue weighted by Gasteiger charge is -2.06. The van der Waals surface area contributed by atoms with E-state index in [0.29, 0.717) is 11.4 Å². The van der Waals surface area contributed by atoms with Gasteiger partial charge in [-0.2, -0.15) is 0 Å². The molecular weight excluding hydrogens is 252 g/mol. The van der Waals surface area contributed by atoms with Crippen LogP contribution in [0.3, 0.4) is 0 Å². The topological polar surface area (TPSA) is 62.2 Å². The number of nitrogens with zero attached hydrogens (tertiary/aromatic N) is 1. The third-order valence-electron chi connectivity index (χ3n) is 2.71. The van der Waals surface area contributed by atoms with Crippen LogP contribution in [-0.2, 0) is 0 Å². The van der Waals surface area contributed by atoms with Crippen molar-refractivity contribution in [1.82, 2.24) is 4.98 Å². The highest BCUT2D eigenvalue weighted by molar-refractivity contribution is 6.04. The fraction of sp³-hybridized carbons (Fsp3) is 0.125. The molecule has 4 nitrogen and oxygen atoms in total. The molecule has 2 rings (SSSR count). The number of aromatic nitrogens is 1. The molecule has 0 radical (unpaired) electrons. The molecule has 1 heterocycles. The lowest BCUT2D eigenvalue weighted by atomic mass is 10.0. The zero-order valence-electron chi connectivity index (χ0n) is 11.1. The van der Waals surface area contributed by atoms with E-state index in [4.69, 9.17) is 5.11 Å². The second-order valence-electron chi connectivity index (χ2n) is 4.16. The van der Waals surface area contributed by atoms with E-state index in [1.165, 1.54) is 0 Å². The molecule has 100 valence electrons. The van der Waals surface area contributed by atoms with Gasteiger partial charge >= 0.3 is 0 Å². The van der Waals surface area contributed by atoms with Crippen molar-refractivity contribution in [3.8, 4) is 11.8 Å². The van der Waals surface area contributed by atoms with Gasteiger partial charge in [-0.3, -0.25) is 4.79 Å². The van der Waals surface area contributed by atoms with Crippen LogP contribution in [0.5, 0.6) is 0 Å². The Labute approximate surface area is 117 Å². The van der Waals surface area contributed by atoms with Crippen LogP contribution in [0.15, 0.2) is 42.6 Å². The lowest BCUT2D eigenvalue weighted by Crippen LogP contribution is -2.13.